The Morgan fingerprint density at radius 2 is 1.61 bits per heavy atom. The molecule has 0 bridgehead atoms. The Morgan fingerprint density at radius 3 is 2.24 bits per heavy atom. The van der Waals surface area contributed by atoms with E-state index < -0.39 is 46.6 Å². The zero-order chi connectivity index (χ0) is 23.9. The van der Waals surface area contributed by atoms with Crippen LogP contribution in [0.5, 0.6) is 0 Å². The number of carbonyl (C=O) groups excluding carboxylic acids is 2. The van der Waals surface area contributed by atoms with Crippen LogP contribution in [0.25, 0.3) is 5.76 Å². The summed E-state index contributed by atoms with van der Waals surface area (Å²) in [7, 11) is 0. The summed E-state index contributed by atoms with van der Waals surface area (Å²) < 4.78 is 55.4. The number of aliphatic hydroxyl groups excluding tert-OH is 1. The number of ketones is 1. The third-order valence-electron chi connectivity index (χ3n) is 5.21. The normalized spacial score (nSPS) is 18.1. The first-order valence-electron chi connectivity index (χ1n) is 9.58. The number of nitrogens with zero attached hydrogens (tertiary/aromatic N) is 1. The third kappa shape index (κ3) is 4.16. The van der Waals surface area contributed by atoms with Crippen LogP contribution < -0.4 is 4.90 Å². The largest absolute Gasteiger partial charge is 0.507 e. The second-order valence-corrected chi connectivity index (χ2v) is 8.16. The fourth-order valence-electron chi connectivity index (χ4n) is 3.69. The molecule has 4 rings (SSSR count). The first kappa shape index (κ1) is 22.7. The van der Waals surface area contributed by atoms with Crippen molar-refractivity contribution in [2.45, 2.75) is 12.2 Å². The molecule has 0 saturated carbocycles. The Hall–Kier alpha value is -3.46. The predicted molar refractivity (Wildman–Crippen MR) is 117 cm³/mol. The van der Waals surface area contributed by atoms with Crippen molar-refractivity contribution in [3.63, 3.8) is 0 Å². The van der Waals surface area contributed by atoms with E-state index in [9.17, 15) is 32.3 Å². The quantitative estimate of drug-likeness (QED) is 0.193. The number of benzene rings is 3. The van der Waals surface area contributed by atoms with Gasteiger partial charge in [-0.2, -0.15) is 13.2 Å². The van der Waals surface area contributed by atoms with E-state index in [1.165, 1.54) is 36.4 Å². The highest BCUT2D eigenvalue weighted by Gasteiger charge is 2.48. The average molecular weight is 520 g/mol. The summed E-state index contributed by atoms with van der Waals surface area (Å²) in [6.45, 7) is 0. The molecule has 3 aromatic carbocycles. The maximum absolute atomic E-state index is 14.8. The van der Waals surface area contributed by atoms with E-state index in [2.05, 4.69) is 15.9 Å². The van der Waals surface area contributed by atoms with Gasteiger partial charge in [0.2, 0.25) is 0 Å². The summed E-state index contributed by atoms with van der Waals surface area (Å²) in [5.74, 6) is -3.67. The number of hydrogen-bond donors (Lipinski definition) is 1. The Labute approximate surface area is 193 Å². The minimum absolute atomic E-state index is 0.146. The monoisotopic (exact) mass is 519 g/mol. The van der Waals surface area contributed by atoms with E-state index in [-0.39, 0.29) is 16.8 Å². The standard InChI is InChI=1S/C24H14BrF4NO3/c25-15-10-8-13(9-11-15)21(31)19-20(17-6-1-2-7-18(17)26)30(23(33)22(19)32)16-5-3-4-14(12-16)24(27,28)29/h1-12,20,31H/b21-19+. The molecular formula is C24H14BrF4NO3. The van der Waals surface area contributed by atoms with E-state index in [1.807, 2.05) is 0 Å². The molecule has 9 heteroatoms. The van der Waals surface area contributed by atoms with E-state index in [0.29, 0.717) is 10.5 Å². The van der Waals surface area contributed by atoms with Crippen molar-refractivity contribution in [3.05, 3.63) is 105 Å². The number of carbonyl (C=O) groups is 2. The number of hydrogen-bond acceptors (Lipinski definition) is 3. The van der Waals surface area contributed by atoms with Crippen molar-refractivity contribution in [1.29, 1.82) is 0 Å². The van der Waals surface area contributed by atoms with Gasteiger partial charge >= 0.3 is 6.18 Å². The van der Waals surface area contributed by atoms with Crippen LogP contribution in [0.1, 0.15) is 22.7 Å². The molecule has 1 aliphatic heterocycles. The van der Waals surface area contributed by atoms with Crippen molar-refractivity contribution < 1.29 is 32.3 Å². The highest BCUT2D eigenvalue weighted by molar-refractivity contribution is 9.10. The van der Waals surface area contributed by atoms with Crippen LogP contribution in [0.3, 0.4) is 0 Å². The molecule has 168 valence electrons. The highest BCUT2D eigenvalue weighted by Crippen LogP contribution is 2.44. The van der Waals surface area contributed by atoms with Gasteiger partial charge in [0.15, 0.2) is 0 Å². The second-order valence-electron chi connectivity index (χ2n) is 7.25. The summed E-state index contributed by atoms with van der Waals surface area (Å²) in [5, 5.41) is 10.9. The third-order valence-corrected chi connectivity index (χ3v) is 5.74. The predicted octanol–water partition coefficient (Wildman–Crippen LogP) is 6.23. The van der Waals surface area contributed by atoms with Crippen LogP contribution in [0.15, 0.2) is 82.8 Å². The Kier molecular flexibility index (Phi) is 5.84. The Balaban J connectivity index is 1.97. The fraction of sp³-hybridized carbons (Fsp3) is 0.0833. The molecule has 1 N–H and O–H groups in total. The molecule has 1 fully saturated rings. The van der Waals surface area contributed by atoms with Crippen LogP contribution in [0.4, 0.5) is 23.2 Å². The van der Waals surface area contributed by atoms with Gasteiger partial charge in [-0.05, 0) is 36.4 Å². The lowest BCUT2D eigenvalue weighted by Gasteiger charge is -2.26. The van der Waals surface area contributed by atoms with Crippen LogP contribution in [-0.4, -0.2) is 16.8 Å². The molecular weight excluding hydrogens is 506 g/mol. The Bertz CT molecular complexity index is 1290. The van der Waals surface area contributed by atoms with Crippen molar-refractivity contribution >= 4 is 39.1 Å². The number of alkyl halides is 3. The summed E-state index contributed by atoms with van der Waals surface area (Å²) >= 11 is 3.25. The minimum atomic E-state index is -4.70. The van der Waals surface area contributed by atoms with E-state index in [1.54, 1.807) is 12.1 Å². The number of anilines is 1. The number of rotatable bonds is 3. The van der Waals surface area contributed by atoms with Crippen molar-refractivity contribution in [1.82, 2.24) is 0 Å². The maximum atomic E-state index is 14.8. The van der Waals surface area contributed by atoms with Crippen molar-refractivity contribution in [2.75, 3.05) is 4.90 Å². The van der Waals surface area contributed by atoms with Gasteiger partial charge < -0.3 is 5.11 Å². The van der Waals surface area contributed by atoms with Gasteiger partial charge in [-0.15, -0.1) is 0 Å². The number of Topliss-reactive ketones (excluding diaryl/α,β-unsaturated/α-hetero) is 1. The first-order chi connectivity index (χ1) is 15.6. The lowest BCUT2D eigenvalue weighted by molar-refractivity contribution is -0.137. The van der Waals surface area contributed by atoms with Crippen LogP contribution in [0, 0.1) is 5.82 Å². The van der Waals surface area contributed by atoms with Gasteiger partial charge in [0.05, 0.1) is 17.2 Å². The lowest BCUT2D eigenvalue weighted by atomic mass is 9.94. The van der Waals surface area contributed by atoms with Gasteiger partial charge in [-0.25, -0.2) is 4.39 Å². The lowest BCUT2D eigenvalue weighted by Crippen LogP contribution is -2.30. The first-order valence-corrected chi connectivity index (χ1v) is 10.4. The molecule has 1 amide bonds. The van der Waals surface area contributed by atoms with E-state index in [4.69, 9.17) is 0 Å². The van der Waals surface area contributed by atoms with Crippen molar-refractivity contribution in [3.8, 4) is 0 Å². The molecule has 1 saturated heterocycles. The Morgan fingerprint density at radius 1 is 0.939 bits per heavy atom. The molecule has 33 heavy (non-hydrogen) atoms. The van der Waals surface area contributed by atoms with Crippen molar-refractivity contribution in [2.24, 2.45) is 0 Å². The van der Waals surface area contributed by atoms with Gasteiger partial charge in [0.25, 0.3) is 11.7 Å². The molecule has 1 aliphatic rings. The average Bonchev–Trinajstić information content (AvgIpc) is 3.04. The van der Waals surface area contributed by atoms with Gasteiger partial charge in [0, 0.05) is 21.3 Å². The SMILES string of the molecule is O=C1C(=O)N(c2cccc(C(F)(F)F)c2)C(c2ccccc2F)/C1=C(\O)c1ccc(Br)cc1. The zero-order valence-corrected chi connectivity index (χ0v) is 18.2. The molecule has 1 heterocycles. The van der Waals surface area contributed by atoms with Crippen LogP contribution >= 0.6 is 15.9 Å². The molecule has 3 aromatic rings. The molecule has 1 atom stereocenters. The molecule has 1 unspecified atom stereocenters. The van der Waals surface area contributed by atoms with Gasteiger partial charge in [-0.1, -0.05) is 52.3 Å². The molecule has 4 nitrogen and oxygen atoms in total. The molecule has 0 aromatic heterocycles. The summed E-state index contributed by atoms with van der Waals surface area (Å²) in [6.07, 6.45) is -4.70. The van der Waals surface area contributed by atoms with E-state index in [0.717, 1.165) is 23.1 Å². The molecule has 0 radical (unpaired) electrons. The van der Waals surface area contributed by atoms with Crippen LogP contribution in [-0.2, 0) is 15.8 Å². The maximum Gasteiger partial charge on any atom is 0.416 e. The molecule has 0 aliphatic carbocycles. The summed E-state index contributed by atoms with van der Waals surface area (Å²) in [4.78, 5) is 26.7. The van der Waals surface area contributed by atoms with E-state index >= 15 is 0 Å². The summed E-state index contributed by atoms with van der Waals surface area (Å²) in [6, 6.07) is 13.8. The second kappa shape index (κ2) is 8.47. The fourth-order valence-corrected chi connectivity index (χ4v) is 3.95. The number of halogens is 5. The summed E-state index contributed by atoms with van der Waals surface area (Å²) in [5.41, 5.74) is -1.68. The minimum Gasteiger partial charge on any atom is -0.507 e. The number of aliphatic hydroxyl groups is 1. The van der Waals surface area contributed by atoms with Gasteiger partial charge in [0.1, 0.15) is 11.6 Å². The topological polar surface area (TPSA) is 57.6 Å². The smallest absolute Gasteiger partial charge is 0.416 e. The van der Waals surface area contributed by atoms with Gasteiger partial charge in [-0.3, -0.25) is 14.5 Å². The molecule has 0 spiro atoms. The highest BCUT2D eigenvalue weighted by atomic mass is 79.9. The number of amides is 1. The van der Waals surface area contributed by atoms with Crippen LogP contribution in [0.2, 0.25) is 0 Å². The zero-order valence-electron chi connectivity index (χ0n) is 16.6.